The summed E-state index contributed by atoms with van der Waals surface area (Å²) in [4.78, 5) is 37.6. The average molecular weight is 393 g/mol. The quantitative estimate of drug-likeness (QED) is 0.783. The third kappa shape index (κ3) is 4.47. The fourth-order valence-electron chi connectivity index (χ4n) is 4.28. The molecule has 3 heterocycles. The zero-order chi connectivity index (χ0) is 20.2. The highest BCUT2D eigenvalue weighted by Crippen LogP contribution is 2.24. The maximum absolute atomic E-state index is 13.0. The van der Waals surface area contributed by atoms with Gasteiger partial charge in [0, 0.05) is 44.4 Å². The van der Waals surface area contributed by atoms with Crippen LogP contribution in [0.5, 0.6) is 0 Å². The lowest BCUT2D eigenvalue weighted by molar-refractivity contribution is -0.127. The highest BCUT2D eigenvalue weighted by atomic mass is 16.2. The number of amides is 2. The van der Waals surface area contributed by atoms with Crippen LogP contribution >= 0.6 is 0 Å². The third-order valence-electron chi connectivity index (χ3n) is 6.12. The maximum Gasteiger partial charge on any atom is 0.257 e. The number of hydrogen-bond acceptors (Lipinski definition) is 4. The van der Waals surface area contributed by atoms with Crippen LogP contribution in [0, 0.1) is 12.8 Å². The molecular weight excluding hydrogens is 364 g/mol. The number of benzene rings is 1. The van der Waals surface area contributed by atoms with Crippen LogP contribution in [0.3, 0.4) is 0 Å². The van der Waals surface area contributed by atoms with Crippen molar-refractivity contribution in [1.82, 2.24) is 19.8 Å². The van der Waals surface area contributed by atoms with Crippen molar-refractivity contribution in [1.29, 1.82) is 0 Å². The number of aromatic nitrogens is 2. The molecule has 2 aliphatic rings. The molecule has 6 nitrogen and oxygen atoms in total. The fourth-order valence-corrected chi connectivity index (χ4v) is 4.28. The number of piperidine rings is 1. The number of carbonyl (C=O) groups excluding carboxylic acids is 2. The molecule has 0 saturated carbocycles. The van der Waals surface area contributed by atoms with Gasteiger partial charge in [-0.2, -0.15) is 0 Å². The molecule has 0 N–H and O–H groups in total. The number of likely N-dealkylation sites (tertiary alicyclic amines) is 2. The molecule has 0 aliphatic carbocycles. The van der Waals surface area contributed by atoms with Gasteiger partial charge >= 0.3 is 0 Å². The maximum atomic E-state index is 13.0. The second-order valence-corrected chi connectivity index (χ2v) is 8.07. The van der Waals surface area contributed by atoms with E-state index in [1.54, 1.807) is 6.20 Å². The summed E-state index contributed by atoms with van der Waals surface area (Å²) in [7, 11) is 0. The standard InChI is InChI=1S/C23H28N4O2/c1-17-20(16-24-22(25-17)19-6-3-2-4-7-19)23(29)27-14-10-18(11-15-27)9-13-26-12-5-8-21(26)28/h2-4,6-7,16,18H,5,8-15H2,1H3. The molecule has 2 saturated heterocycles. The largest absolute Gasteiger partial charge is 0.343 e. The molecule has 1 aromatic heterocycles. The molecule has 0 unspecified atom stereocenters. The Morgan fingerprint density at radius 1 is 1.14 bits per heavy atom. The number of rotatable bonds is 5. The van der Waals surface area contributed by atoms with E-state index in [0.29, 0.717) is 29.6 Å². The van der Waals surface area contributed by atoms with Crippen molar-refractivity contribution in [2.24, 2.45) is 5.92 Å². The van der Waals surface area contributed by atoms with E-state index in [4.69, 9.17) is 0 Å². The van der Waals surface area contributed by atoms with Gasteiger partial charge < -0.3 is 9.80 Å². The molecule has 152 valence electrons. The van der Waals surface area contributed by atoms with Crippen molar-refractivity contribution < 1.29 is 9.59 Å². The van der Waals surface area contributed by atoms with Crippen molar-refractivity contribution in [2.45, 2.75) is 39.0 Å². The van der Waals surface area contributed by atoms with E-state index in [1.807, 2.05) is 47.1 Å². The summed E-state index contributed by atoms with van der Waals surface area (Å²) in [6.07, 6.45) is 6.40. The van der Waals surface area contributed by atoms with E-state index < -0.39 is 0 Å². The normalized spacial score (nSPS) is 17.8. The molecule has 4 rings (SSSR count). The predicted molar refractivity (Wildman–Crippen MR) is 111 cm³/mol. The molecule has 0 atom stereocenters. The molecule has 2 aliphatic heterocycles. The van der Waals surface area contributed by atoms with E-state index in [1.165, 1.54) is 0 Å². The van der Waals surface area contributed by atoms with Crippen molar-refractivity contribution in [3.8, 4) is 11.4 Å². The first-order valence-corrected chi connectivity index (χ1v) is 10.6. The Balaban J connectivity index is 1.33. The molecule has 0 bridgehead atoms. The third-order valence-corrected chi connectivity index (χ3v) is 6.12. The van der Waals surface area contributed by atoms with Crippen molar-refractivity contribution in [2.75, 3.05) is 26.2 Å². The minimum atomic E-state index is 0.0234. The predicted octanol–water partition coefficient (Wildman–Crippen LogP) is 3.32. The lowest BCUT2D eigenvalue weighted by atomic mass is 9.93. The summed E-state index contributed by atoms with van der Waals surface area (Å²) in [5.74, 6) is 1.56. The van der Waals surface area contributed by atoms with E-state index in [0.717, 1.165) is 63.1 Å². The van der Waals surface area contributed by atoms with Gasteiger partial charge in [-0.25, -0.2) is 9.97 Å². The first-order chi connectivity index (χ1) is 14.1. The van der Waals surface area contributed by atoms with Crippen LogP contribution in [0.25, 0.3) is 11.4 Å². The first-order valence-electron chi connectivity index (χ1n) is 10.6. The zero-order valence-electron chi connectivity index (χ0n) is 17.0. The van der Waals surface area contributed by atoms with Crippen molar-refractivity contribution in [3.63, 3.8) is 0 Å². The van der Waals surface area contributed by atoms with Gasteiger partial charge in [-0.05, 0) is 38.5 Å². The monoisotopic (exact) mass is 392 g/mol. The Morgan fingerprint density at radius 3 is 2.55 bits per heavy atom. The number of carbonyl (C=O) groups is 2. The number of nitrogens with zero attached hydrogens (tertiary/aromatic N) is 4. The highest BCUT2D eigenvalue weighted by molar-refractivity contribution is 5.95. The van der Waals surface area contributed by atoms with Gasteiger partial charge in [0.05, 0.1) is 11.3 Å². The van der Waals surface area contributed by atoms with Crippen LogP contribution in [0.15, 0.2) is 36.5 Å². The van der Waals surface area contributed by atoms with Gasteiger partial charge in [-0.1, -0.05) is 30.3 Å². The summed E-state index contributed by atoms with van der Waals surface area (Å²) in [6, 6.07) is 9.81. The average Bonchev–Trinajstić information content (AvgIpc) is 3.17. The Kier molecular flexibility index (Phi) is 5.88. The lowest BCUT2D eigenvalue weighted by Crippen LogP contribution is -2.39. The van der Waals surface area contributed by atoms with E-state index in [2.05, 4.69) is 9.97 Å². The highest BCUT2D eigenvalue weighted by Gasteiger charge is 2.27. The summed E-state index contributed by atoms with van der Waals surface area (Å²) in [5.41, 5.74) is 2.26. The van der Waals surface area contributed by atoms with Gasteiger partial charge in [-0.3, -0.25) is 9.59 Å². The Labute approximate surface area is 172 Å². The van der Waals surface area contributed by atoms with Crippen LogP contribution in [0.2, 0.25) is 0 Å². The summed E-state index contributed by atoms with van der Waals surface area (Å²) >= 11 is 0. The number of hydrogen-bond donors (Lipinski definition) is 0. The Bertz CT molecular complexity index is 876. The topological polar surface area (TPSA) is 66.4 Å². The minimum absolute atomic E-state index is 0.0234. The van der Waals surface area contributed by atoms with Crippen LogP contribution in [0.4, 0.5) is 0 Å². The zero-order valence-corrected chi connectivity index (χ0v) is 17.0. The van der Waals surface area contributed by atoms with Crippen LogP contribution in [-0.4, -0.2) is 57.8 Å². The Morgan fingerprint density at radius 2 is 1.90 bits per heavy atom. The van der Waals surface area contributed by atoms with Gasteiger partial charge in [0.2, 0.25) is 5.91 Å². The van der Waals surface area contributed by atoms with E-state index >= 15 is 0 Å². The molecule has 2 amide bonds. The van der Waals surface area contributed by atoms with Gasteiger partial charge in [-0.15, -0.1) is 0 Å². The molecular formula is C23H28N4O2. The summed E-state index contributed by atoms with van der Waals surface area (Å²) in [5, 5.41) is 0. The molecule has 2 fully saturated rings. The summed E-state index contributed by atoms with van der Waals surface area (Å²) in [6.45, 7) is 5.18. The smallest absolute Gasteiger partial charge is 0.257 e. The molecule has 0 radical (unpaired) electrons. The van der Waals surface area contributed by atoms with Gasteiger partial charge in [0.15, 0.2) is 5.82 Å². The van der Waals surface area contributed by atoms with Gasteiger partial charge in [0.25, 0.3) is 5.91 Å². The molecule has 6 heteroatoms. The van der Waals surface area contributed by atoms with E-state index in [-0.39, 0.29) is 5.91 Å². The van der Waals surface area contributed by atoms with Crippen molar-refractivity contribution >= 4 is 11.8 Å². The van der Waals surface area contributed by atoms with Crippen LogP contribution < -0.4 is 0 Å². The Hall–Kier alpha value is -2.76. The molecule has 0 spiro atoms. The molecule has 1 aromatic carbocycles. The van der Waals surface area contributed by atoms with E-state index in [9.17, 15) is 9.59 Å². The molecule has 29 heavy (non-hydrogen) atoms. The van der Waals surface area contributed by atoms with Gasteiger partial charge in [0.1, 0.15) is 0 Å². The second-order valence-electron chi connectivity index (χ2n) is 8.07. The number of aryl methyl sites for hydroxylation is 1. The molecule has 2 aromatic rings. The minimum Gasteiger partial charge on any atom is -0.343 e. The fraction of sp³-hybridized carbons (Fsp3) is 0.478. The first kappa shape index (κ1) is 19.6. The lowest BCUT2D eigenvalue weighted by Gasteiger charge is -2.33. The van der Waals surface area contributed by atoms with Crippen molar-refractivity contribution in [3.05, 3.63) is 47.8 Å². The van der Waals surface area contributed by atoms with Crippen LogP contribution in [0.1, 0.15) is 48.2 Å². The SMILES string of the molecule is Cc1nc(-c2ccccc2)ncc1C(=O)N1CCC(CCN2CCCC2=O)CC1. The summed E-state index contributed by atoms with van der Waals surface area (Å²) < 4.78 is 0. The van der Waals surface area contributed by atoms with Crippen LogP contribution in [-0.2, 0) is 4.79 Å². The second kappa shape index (κ2) is 8.72.